The van der Waals surface area contributed by atoms with E-state index in [0.717, 1.165) is 43.5 Å². The number of fused-ring (bicyclic) bond motifs is 2. The molecule has 146 valence electrons. The van der Waals surface area contributed by atoms with Crippen molar-refractivity contribution in [3.63, 3.8) is 0 Å². The van der Waals surface area contributed by atoms with Gasteiger partial charge >= 0.3 is 6.03 Å². The molecular weight excluding hydrogens is 354 g/mol. The molecule has 2 aromatic rings. The van der Waals surface area contributed by atoms with Crippen LogP contribution in [0.3, 0.4) is 0 Å². The molecular formula is C22H25N3O3. The fourth-order valence-electron chi connectivity index (χ4n) is 3.94. The summed E-state index contributed by atoms with van der Waals surface area (Å²) in [5.74, 6) is 0.570. The van der Waals surface area contributed by atoms with Crippen LogP contribution in [-0.4, -0.2) is 36.0 Å². The number of carbonyl (C=O) groups is 2. The average molecular weight is 379 g/mol. The maximum atomic E-state index is 13.1. The predicted molar refractivity (Wildman–Crippen MR) is 109 cm³/mol. The van der Waals surface area contributed by atoms with Crippen LogP contribution >= 0.6 is 0 Å². The van der Waals surface area contributed by atoms with E-state index in [4.69, 9.17) is 4.74 Å². The summed E-state index contributed by atoms with van der Waals surface area (Å²) in [4.78, 5) is 27.4. The molecule has 1 fully saturated rings. The van der Waals surface area contributed by atoms with Gasteiger partial charge < -0.3 is 20.3 Å². The minimum atomic E-state index is -0.347. The molecule has 28 heavy (non-hydrogen) atoms. The number of carbonyl (C=O) groups excluding carboxylic acids is 2. The molecule has 2 aliphatic rings. The monoisotopic (exact) mass is 379 g/mol. The molecule has 0 aliphatic carbocycles. The molecule has 0 bridgehead atoms. The van der Waals surface area contributed by atoms with Crippen molar-refractivity contribution in [2.24, 2.45) is 0 Å². The number of anilines is 2. The van der Waals surface area contributed by atoms with Gasteiger partial charge in [0.1, 0.15) is 5.75 Å². The molecule has 6 nitrogen and oxygen atoms in total. The van der Waals surface area contributed by atoms with E-state index in [1.165, 1.54) is 0 Å². The maximum Gasteiger partial charge on any atom is 0.323 e. The quantitative estimate of drug-likeness (QED) is 0.812. The molecule has 2 N–H and O–H groups in total. The third-order valence-electron chi connectivity index (χ3n) is 5.34. The normalized spacial score (nSPS) is 18.8. The number of piperidine rings is 1. The Morgan fingerprint density at radius 2 is 1.89 bits per heavy atom. The van der Waals surface area contributed by atoms with Crippen molar-refractivity contribution in [2.45, 2.75) is 38.6 Å². The molecule has 0 saturated carbocycles. The van der Waals surface area contributed by atoms with Crippen molar-refractivity contribution in [1.82, 2.24) is 4.90 Å². The van der Waals surface area contributed by atoms with Gasteiger partial charge in [0.05, 0.1) is 12.2 Å². The molecule has 1 atom stereocenters. The lowest BCUT2D eigenvalue weighted by molar-refractivity contribution is 0.0548. The summed E-state index contributed by atoms with van der Waals surface area (Å²) >= 11 is 0. The second-order valence-corrected chi connectivity index (χ2v) is 7.44. The molecule has 2 heterocycles. The lowest BCUT2D eigenvalue weighted by Crippen LogP contribution is -2.45. The smallest absolute Gasteiger partial charge is 0.323 e. The highest BCUT2D eigenvalue weighted by Crippen LogP contribution is 2.31. The zero-order chi connectivity index (χ0) is 19.5. The summed E-state index contributed by atoms with van der Waals surface area (Å²) in [6.45, 7) is 3.36. The molecule has 4 rings (SSSR count). The van der Waals surface area contributed by atoms with Crippen LogP contribution in [0.5, 0.6) is 5.75 Å². The van der Waals surface area contributed by atoms with E-state index < -0.39 is 0 Å². The number of urea groups is 1. The van der Waals surface area contributed by atoms with Crippen LogP contribution in [0.15, 0.2) is 42.5 Å². The van der Waals surface area contributed by atoms with Gasteiger partial charge in [0.2, 0.25) is 0 Å². The second-order valence-electron chi connectivity index (χ2n) is 7.44. The molecule has 2 aliphatic heterocycles. The van der Waals surface area contributed by atoms with Gasteiger partial charge in [0, 0.05) is 30.4 Å². The van der Waals surface area contributed by atoms with Crippen LogP contribution in [0.25, 0.3) is 0 Å². The fraction of sp³-hybridized carbons (Fsp3) is 0.364. The van der Waals surface area contributed by atoms with Gasteiger partial charge in [-0.15, -0.1) is 0 Å². The second kappa shape index (κ2) is 7.92. The van der Waals surface area contributed by atoms with Crippen molar-refractivity contribution in [1.29, 1.82) is 0 Å². The molecule has 1 saturated heterocycles. The highest BCUT2D eigenvalue weighted by atomic mass is 16.5. The van der Waals surface area contributed by atoms with E-state index in [9.17, 15) is 9.59 Å². The summed E-state index contributed by atoms with van der Waals surface area (Å²) in [6, 6.07) is 12.7. The van der Waals surface area contributed by atoms with Crippen LogP contribution in [0.2, 0.25) is 0 Å². The SMILES string of the molecule is Cc1cccc(NC(=O)Nc2ccc3c(c2)C(=O)N2CCCCC2CCO3)c1. The number of benzene rings is 2. The van der Waals surface area contributed by atoms with Gasteiger partial charge in [-0.2, -0.15) is 0 Å². The average Bonchev–Trinajstić information content (AvgIpc) is 2.67. The Morgan fingerprint density at radius 3 is 2.71 bits per heavy atom. The van der Waals surface area contributed by atoms with Gasteiger partial charge in [-0.05, 0) is 62.1 Å². The van der Waals surface area contributed by atoms with Crippen LogP contribution in [-0.2, 0) is 0 Å². The Hall–Kier alpha value is -3.02. The molecule has 1 unspecified atom stereocenters. The van der Waals surface area contributed by atoms with Crippen molar-refractivity contribution < 1.29 is 14.3 Å². The van der Waals surface area contributed by atoms with E-state index in [1.54, 1.807) is 18.2 Å². The number of hydrogen-bond acceptors (Lipinski definition) is 3. The minimum Gasteiger partial charge on any atom is -0.493 e. The molecule has 0 radical (unpaired) electrons. The van der Waals surface area contributed by atoms with Crippen molar-refractivity contribution in [3.05, 3.63) is 53.6 Å². The summed E-state index contributed by atoms with van der Waals surface area (Å²) in [6.07, 6.45) is 4.09. The van der Waals surface area contributed by atoms with Gasteiger partial charge in [0.25, 0.3) is 5.91 Å². The Labute approximate surface area is 164 Å². The first-order chi connectivity index (χ1) is 13.6. The highest BCUT2D eigenvalue weighted by molar-refractivity contribution is 6.02. The fourth-order valence-corrected chi connectivity index (χ4v) is 3.94. The Balaban J connectivity index is 1.52. The van der Waals surface area contributed by atoms with Crippen molar-refractivity contribution >= 4 is 23.3 Å². The van der Waals surface area contributed by atoms with Crippen molar-refractivity contribution in [3.8, 4) is 5.75 Å². The molecule has 2 aromatic carbocycles. The van der Waals surface area contributed by atoms with E-state index in [2.05, 4.69) is 10.6 Å². The number of aryl methyl sites for hydroxylation is 1. The number of hydrogen-bond donors (Lipinski definition) is 2. The summed E-state index contributed by atoms with van der Waals surface area (Å²) in [5.41, 5.74) is 2.87. The first kappa shape index (κ1) is 18.3. The van der Waals surface area contributed by atoms with E-state index in [1.807, 2.05) is 36.1 Å². The van der Waals surface area contributed by atoms with Gasteiger partial charge in [-0.25, -0.2) is 4.79 Å². The van der Waals surface area contributed by atoms with Crippen LogP contribution in [0.4, 0.5) is 16.2 Å². The Bertz CT molecular complexity index is 896. The largest absolute Gasteiger partial charge is 0.493 e. The van der Waals surface area contributed by atoms with Crippen LogP contribution < -0.4 is 15.4 Å². The molecule has 6 heteroatoms. The van der Waals surface area contributed by atoms with E-state index >= 15 is 0 Å². The third-order valence-corrected chi connectivity index (χ3v) is 5.34. The zero-order valence-electron chi connectivity index (χ0n) is 16.0. The first-order valence-corrected chi connectivity index (χ1v) is 9.82. The number of ether oxygens (including phenoxy) is 1. The lowest BCUT2D eigenvalue weighted by Gasteiger charge is -2.37. The van der Waals surface area contributed by atoms with Gasteiger partial charge in [-0.3, -0.25) is 4.79 Å². The number of nitrogens with zero attached hydrogens (tertiary/aromatic N) is 1. The summed E-state index contributed by atoms with van der Waals surface area (Å²) in [7, 11) is 0. The standard InChI is InChI=1S/C22H25N3O3/c1-15-5-4-6-16(13-15)23-22(27)24-17-8-9-20-19(14-17)21(26)25-11-3-2-7-18(25)10-12-28-20/h4-6,8-9,13-14,18H,2-3,7,10-12H2,1H3,(H2,23,24,27). The summed E-state index contributed by atoms with van der Waals surface area (Å²) in [5, 5.41) is 5.63. The molecule has 0 aromatic heterocycles. The zero-order valence-corrected chi connectivity index (χ0v) is 16.0. The predicted octanol–water partition coefficient (Wildman–Crippen LogP) is 4.42. The maximum absolute atomic E-state index is 13.1. The molecule has 0 spiro atoms. The Kier molecular flexibility index (Phi) is 5.19. The summed E-state index contributed by atoms with van der Waals surface area (Å²) < 4.78 is 5.84. The lowest BCUT2D eigenvalue weighted by atomic mass is 9.97. The third kappa shape index (κ3) is 3.96. The Morgan fingerprint density at radius 1 is 1.07 bits per heavy atom. The highest BCUT2D eigenvalue weighted by Gasteiger charge is 2.31. The van der Waals surface area contributed by atoms with E-state index in [0.29, 0.717) is 23.6 Å². The number of nitrogens with one attached hydrogen (secondary N) is 2. The van der Waals surface area contributed by atoms with E-state index in [-0.39, 0.29) is 18.0 Å². The van der Waals surface area contributed by atoms with Gasteiger partial charge in [-0.1, -0.05) is 12.1 Å². The number of amides is 3. The number of rotatable bonds is 2. The van der Waals surface area contributed by atoms with Gasteiger partial charge in [0.15, 0.2) is 0 Å². The minimum absolute atomic E-state index is 0.0119. The van der Waals surface area contributed by atoms with Crippen LogP contribution in [0, 0.1) is 6.92 Å². The first-order valence-electron chi connectivity index (χ1n) is 9.82. The van der Waals surface area contributed by atoms with Crippen molar-refractivity contribution in [2.75, 3.05) is 23.8 Å². The molecule has 3 amide bonds. The van der Waals surface area contributed by atoms with Crippen LogP contribution in [0.1, 0.15) is 41.6 Å². The topological polar surface area (TPSA) is 70.7 Å².